The average molecular weight is 342 g/mol. The molecule has 0 atom stereocenters. The Morgan fingerprint density at radius 2 is 1.92 bits per heavy atom. The number of cyclic esters (lactones) is 2. The van der Waals surface area contributed by atoms with E-state index in [2.05, 4.69) is 10.3 Å². The van der Waals surface area contributed by atoms with E-state index in [1.807, 2.05) is 0 Å². The molecule has 8 heteroatoms. The van der Waals surface area contributed by atoms with Gasteiger partial charge in [0.15, 0.2) is 5.57 Å². The number of carbonyl (C=O) groups excluding carboxylic acids is 2. The van der Waals surface area contributed by atoms with Crippen LogP contribution in [-0.2, 0) is 19.1 Å². The van der Waals surface area contributed by atoms with Crippen LogP contribution in [0.25, 0.3) is 10.9 Å². The largest absolute Gasteiger partial charge is 0.478 e. The monoisotopic (exact) mass is 342 g/mol. The van der Waals surface area contributed by atoms with Crippen LogP contribution in [0, 0.1) is 0 Å². The van der Waals surface area contributed by atoms with Crippen LogP contribution in [0.15, 0.2) is 42.2 Å². The summed E-state index contributed by atoms with van der Waals surface area (Å²) in [7, 11) is 0. The topological polar surface area (TPSA) is 115 Å². The second kappa shape index (κ2) is 5.90. The molecule has 0 bridgehead atoms. The second-order valence-corrected chi connectivity index (χ2v) is 5.78. The predicted octanol–water partition coefficient (Wildman–Crippen LogP) is 2.06. The van der Waals surface area contributed by atoms with Gasteiger partial charge in [-0.05, 0) is 18.2 Å². The van der Waals surface area contributed by atoms with Crippen LogP contribution in [-0.4, -0.2) is 33.8 Å². The van der Waals surface area contributed by atoms with Crippen LogP contribution in [0.2, 0.25) is 0 Å². The van der Waals surface area contributed by atoms with E-state index in [4.69, 9.17) is 14.6 Å². The number of carbonyl (C=O) groups is 3. The lowest BCUT2D eigenvalue weighted by atomic mass is 10.1. The van der Waals surface area contributed by atoms with Crippen molar-refractivity contribution in [3.63, 3.8) is 0 Å². The van der Waals surface area contributed by atoms with Crippen molar-refractivity contribution in [3.8, 4) is 0 Å². The number of carboxylic acids is 1. The van der Waals surface area contributed by atoms with Gasteiger partial charge in [-0.3, -0.25) is 4.98 Å². The van der Waals surface area contributed by atoms with Crippen molar-refractivity contribution in [1.82, 2.24) is 4.98 Å². The second-order valence-electron chi connectivity index (χ2n) is 5.78. The SMILES string of the molecule is CC1(C)OC(=O)C(=CNc2cccc3ncc(C(=O)O)cc23)C(=O)O1. The molecule has 128 valence electrons. The highest BCUT2D eigenvalue weighted by atomic mass is 16.7. The molecule has 1 saturated heterocycles. The molecule has 0 unspecified atom stereocenters. The predicted molar refractivity (Wildman–Crippen MR) is 86.7 cm³/mol. The summed E-state index contributed by atoms with van der Waals surface area (Å²) in [5, 5.41) is 12.4. The molecule has 2 aromatic rings. The van der Waals surface area contributed by atoms with Gasteiger partial charge < -0.3 is 19.9 Å². The molecule has 0 radical (unpaired) electrons. The van der Waals surface area contributed by atoms with Gasteiger partial charge in [0, 0.05) is 37.3 Å². The Kier molecular flexibility index (Phi) is 3.88. The minimum absolute atomic E-state index is 0.0210. The van der Waals surface area contributed by atoms with Crippen molar-refractivity contribution < 1.29 is 29.0 Å². The van der Waals surface area contributed by atoms with Crippen LogP contribution in [0.1, 0.15) is 24.2 Å². The Morgan fingerprint density at radius 3 is 2.56 bits per heavy atom. The van der Waals surface area contributed by atoms with Gasteiger partial charge in [-0.2, -0.15) is 0 Å². The third-order valence-electron chi connectivity index (χ3n) is 3.46. The third-order valence-corrected chi connectivity index (χ3v) is 3.46. The lowest BCUT2D eigenvalue weighted by molar-refractivity contribution is -0.222. The molecule has 2 N–H and O–H groups in total. The van der Waals surface area contributed by atoms with Crippen LogP contribution >= 0.6 is 0 Å². The molecule has 0 spiro atoms. The number of fused-ring (bicyclic) bond motifs is 1. The first kappa shape index (κ1) is 16.4. The van der Waals surface area contributed by atoms with Crippen LogP contribution < -0.4 is 5.32 Å². The van der Waals surface area contributed by atoms with Gasteiger partial charge >= 0.3 is 17.9 Å². The van der Waals surface area contributed by atoms with E-state index in [0.29, 0.717) is 16.6 Å². The van der Waals surface area contributed by atoms with E-state index in [1.54, 1.807) is 18.2 Å². The first-order valence-electron chi connectivity index (χ1n) is 7.32. The average Bonchev–Trinajstić information content (AvgIpc) is 2.52. The Bertz CT molecular complexity index is 910. The number of pyridine rings is 1. The van der Waals surface area contributed by atoms with Gasteiger partial charge in [0.25, 0.3) is 5.79 Å². The number of carboxylic acid groups (broad SMARTS) is 1. The molecular formula is C17H14N2O6. The van der Waals surface area contributed by atoms with Crippen molar-refractivity contribution in [2.75, 3.05) is 5.32 Å². The maximum Gasteiger partial charge on any atom is 0.350 e. The molecule has 1 fully saturated rings. The van der Waals surface area contributed by atoms with Crippen LogP contribution in [0.4, 0.5) is 5.69 Å². The van der Waals surface area contributed by atoms with E-state index < -0.39 is 23.7 Å². The number of aromatic nitrogens is 1. The lowest BCUT2D eigenvalue weighted by Gasteiger charge is -2.29. The molecule has 0 saturated carbocycles. The Morgan fingerprint density at radius 1 is 1.24 bits per heavy atom. The fraction of sp³-hybridized carbons (Fsp3) is 0.176. The molecule has 0 aliphatic carbocycles. The molecule has 3 rings (SSSR count). The maximum absolute atomic E-state index is 11.9. The Labute approximate surface area is 142 Å². The molecule has 0 amide bonds. The van der Waals surface area contributed by atoms with E-state index in [9.17, 15) is 14.4 Å². The number of anilines is 1. The summed E-state index contributed by atoms with van der Waals surface area (Å²) in [5.41, 5.74) is 0.765. The zero-order valence-electron chi connectivity index (χ0n) is 13.4. The van der Waals surface area contributed by atoms with Crippen molar-refractivity contribution >= 4 is 34.5 Å². The van der Waals surface area contributed by atoms with Crippen molar-refractivity contribution in [2.45, 2.75) is 19.6 Å². The standard InChI is InChI=1S/C17H14N2O6/c1-17(2)24-15(22)11(16(23)25-17)8-19-13-5-3-4-12-10(13)6-9(7-18-12)14(20)21/h3-8,19H,1-2H3,(H,20,21). The number of ether oxygens (including phenoxy) is 2. The summed E-state index contributed by atoms with van der Waals surface area (Å²) in [5.74, 6) is -4.04. The molecule has 25 heavy (non-hydrogen) atoms. The maximum atomic E-state index is 11.9. The van der Waals surface area contributed by atoms with Gasteiger partial charge in [0.05, 0.1) is 11.1 Å². The highest BCUT2D eigenvalue weighted by molar-refractivity contribution is 6.15. The third kappa shape index (κ3) is 3.27. The van der Waals surface area contributed by atoms with Crippen molar-refractivity contribution in [2.24, 2.45) is 0 Å². The fourth-order valence-electron chi connectivity index (χ4n) is 2.32. The summed E-state index contributed by atoms with van der Waals surface area (Å²) in [6.07, 6.45) is 2.42. The Hall–Kier alpha value is -3.42. The van der Waals surface area contributed by atoms with Crippen LogP contribution in [0.5, 0.6) is 0 Å². The van der Waals surface area contributed by atoms with Crippen LogP contribution in [0.3, 0.4) is 0 Å². The molecule has 1 aromatic heterocycles. The number of benzene rings is 1. The minimum atomic E-state index is -1.31. The summed E-state index contributed by atoms with van der Waals surface area (Å²) in [4.78, 5) is 39.0. The number of esters is 2. The Balaban J connectivity index is 1.95. The lowest BCUT2D eigenvalue weighted by Crippen LogP contribution is -2.42. The number of nitrogens with zero attached hydrogens (tertiary/aromatic N) is 1. The zero-order chi connectivity index (χ0) is 18.2. The number of hydrogen-bond donors (Lipinski definition) is 2. The zero-order valence-corrected chi connectivity index (χ0v) is 13.4. The minimum Gasteiger partial charge on any atom is -0.478 e. The number of nitrogens with one attached hydrogen (secondary N) is 1. The normalized spacial score (nSPS) is 16.2. The molecule has 1 aliphatic rings. The highest BCUT2D eigenvalue weighted by Crippen LogP contribution is 2.25. The summed E-state index contributed by atoms with van der Waals surface area (Å²) in [6, 6.07) is 6.53. The highest BCUT2D eigenvalue weighted by Gasteiger charge is 2.38. The molecule has 8 nitrogen and oxygen atoms in total. The molecular weight excluding hydrogens is 328 g/mol. The fourth-order valence-corrected chi connectivity index (χ4v) is 2.32. The summed E-state index contributed by atoms with van der Waals surface area (Å²) >= 11 is 0. The van der Waals surface area contributed by atoms with Gasteiger partial charge in [0.2, 0.25) is 0 Å². The number of hydrogen-bond acceptors (Lipinski definition) is 7. The van der Waals surface area contributed by atoms with E-state index in [0.717, 1.165) is 0 Å². The smallest absolute Gasteiger partial charge is 0.350 e. The first-order chi connectivity index (χ1) is 11.8. The van der Waals surface area contributed by atoms with E-state index in [-0.39, 0.29) is 11.1 Å². The first-order valence-corrected chi connectivity index (χ1v) is 7.32. The van der Waals surface area contributed by atoms with Gasteiger partial charge in [-0.25, -0.2) is 14.4 Å². The molecule has 1 aliphatic heterocycles. The number of rotatable bonds is 3. The molecule has 1 aromatic carbocycles. The van der Waals surface area contributed by atoms with Crippen molar-refractivity contribution in [3.05, 3.63) is 47.8 Å². The van der Waals surface area contributed by atoms with Crippen molar-refractivity contribution in [1.29, 1.82) is 0 Å². The summed E-state index contributed by atoms with van der Waals surface area (Å²) < 4.78 is 10.0. The van der Waals surface area contributed by atoms with E-state index >= 15 is 0 Å². The quantitative estimate of drug-likeness (QED) is 0.495. The van der Waals surface area contributed by atoms with Gasteiger partial charge in [-0.15, -0.1) is 0 Å². The van der Waals surface area contributed by atoms with Gasteiger partial charge in [0.1, 0.15) is 0 Å². The molecule has 2 heterocycles. The number of aromatic carboxylic acids is 1. The van der Waals surface area contributed by atoms with Gasteiger partial charge in [-0.1, -0.05) is 6.07 Å². The summed E-state index contributed by atoms with van der Waals surface area (Å²) in [6.45, 7) is 2.91. The van der Waals surface area contributed by atoms with E-state index in [1.165, 1.54) is 32.3 Å².